The fourth-order valence-corrected chi connectivity index (χ4v) is 5.11. The summed E-state index contributed by atoms with van der Waals surface area (Å²) in [5.74, 6) is 0.400. The van der Waals surface area contributed by atoms with Crippen molar-refractivity contribution in [2.45, 2.75) is 31.6 Å². The van der Waals surface area contributed by atoms with E-state index in [9.17, 15) is 9.59 Å². The van der Waals surface area contributed by atoms with E-state index in [-0.39, 0.29) is 17.7 Å². The van der Waals surface area contributed by atoms with Crippen LogP contribution in [0.15, 0.2) is 35.8 Å². The summed E-state index contributed by atoms with van der Waals surface area (Å²) in [5, 5.41) is 3.74. The molecular formula is C21H24ClN3O2S. The summed E-state index contributed by atoms with van der Waals surface area (Å²) in [6, 6.07) is 6.96. The van der Waals surface area contributed by atoms with Gasteiger partial charge in [0.15, 0.2) is 0 Å². The lowest BCUT2D eigenvalue weighted by Gasteiger charge is -2.38. The minimum atomic E-state index is -0.111. The number of hydrogen-bond donors (Lipinski definition) is 0. The number of carbonyl (C=O) groups is 2. The molecule has 2 fully saturated rings. The molecule has 2 saturated heterocycles. The topological polar surface area (TPSA) is 53.5 Å². The zero-order valence-corrected chi connectivity index (χ0v) is 17.3. The molecule has 2 unspecified atom stereocenters. The Labute approximate surface area is 174 Å². The second kappa shape index (κ2) is 8.62. The molecule has 7 heteroatoms. The van der Waals surface area contributed by atoms with Crippen LogP contribution in [0.2, 0.25) is 5.02 Å². The van der Waals surface area contributed by atoms with Crippen molar-refractivity contribution < 1.29 is 9.59 Å². The van der Waals surface area contributed by atoms with E-state index in [4.69, 9.17) is 11.6 Å². The van der Waals surface area contributed by atoms with Gasteiger partial charge in [-0.05, 0) is 49.9 Å². The molecule has 0 aliphatic carbocycles. The van der Waals surface area contributed by atoms with Crippen molar-refractivity contribution in [3.63, 3.8) is 0 Å². The molecule has 1 aromatic carbocycles. The molecule has 2 aliphatic rings. The van der Waals surface area contributed by atoms with Gasteiger partial charge in [0.2, 0.25) is 5.91 Å². The number of rotatable bonds is 3. The Morgan fingerprint density at radius 1 is 1.04 bits per heavy atom. The van der Waals surface area contributed by atoms with Crippen molar-refractivity contribution in [1.29, 1.82) is 0 Å². The number of benzene rings is 1. The number of thiazole rings is 1. The third kappa shape index (κ3) is 4.23. The summed E-state index contributed by atoms with van der Waals surface area (Å²) < 4.78 is 0. The number of piperidine rings is 2. The number of likely N-dealkylation sites (tertiary alicyclic amines) is 2. The SMILES string of the molecule is O=C(c1ccc(Cl)cc1)N1CCCC(C(=O)N2CCCC(c3nccs3)C2)C1. The van der Waals surface area contributed by atoms with Crippen LogP contribution in [0.4, 0.5) is 0 Å². The smallest absolute Gasteiger partial charge is 0.253 e. The second-order valence-electron chi connectivity index (χ2n) is 7.59. The number of nitrogens with zero attached hydrogens (tertiary/aromatic N) is 3. The van der Waals surface area contributed by atoms with Crippen LogP contribution < -0.4 is 0 Å². The van der Waals surface area contributed by atoms with E-state index in [0.29, 0.717) is 29.6 Å². The van der Waals surface area contributed by atoms with Gasteiger partial charge < -0.3 is 9.80 Å². The van der Waals surface area contributed by atoms with Gasteiger partial charge in [-0.25, -0.2) is 4.98 Å². The van der Waals surface area contributed by atoms with Gasteiger partial charge in [0.05, 0.1) is 10.9 Å². The highest BCUT2D eigenvalue weighted by molar-refractivity contribution is 7.09. The Kier molecular flexibility index (Phi) is 5.97. The normalized spacial score (nSPS) is 22.9. The monoisotopic (exact) mass is 417 g/mol. The van der Waals surface area contributed by atoms with Crippen LogP contribution in [0.1, 0.15) is 47.0 Å². The maximum Gasteiger partial charge on any atom is 0.253 e. The Morgan fingerprint density at radius 3 is 2.54 bits per heavy atom. The van der Waals surface area contributed by atoms with Gasteiger partial charge in [-0.15, -0.1) is 11.3 Å². The summed E-state index contributed by atoms with van der Waals surface area (Å²) >= 11 is 7.59. The van der Waals surface area contributed by atoms with Gasteiger partial charge in [0.25, 0.3) is 5.91 Å². The number of halogens is 1. The quantitative estimate of drug-likeness (QED) is 0.756. The lowest BCUT2D eigenvalue weighted by atomic mass is 9.93. The van der Waals surface area contributed by atoms with Crippen molar-refractivity contribution >= 4 is 34.8 Å². The van der Waals surface area contributed by atoms with Crippen LogP contribution in [0, 0.1) is 5.92 Å². The summed E-state index contributed by atoms with van der Waals surface area (Å²) in [6.45, 7) is 2.75. The molecule has 2 aromatic rings. The molecule has 0 N–H and O–H groups in total. The average Bonchev–Trinajstić information content (AvgIpc) is 3.28. The number of carbonyl (C=O) groups excluding carboxylic acids is 2. The Hall–Kier alpha value is -1.92. The van der Waals surface area contributed by atoms with Crippen LogP contribution in [-0.2, 0) is 4.79 Å². The van der Waals surface area contributed by atoms with E-state index in [2.05, 4.69) is 4.98 Å². The number of amides is 2. The molecule has 148 valence electrons. The maximum atomic E-state index is 13.2. The minimum Gasteiger partial charge on any atom is -0.342 e. The molecule has 0 radical (unpaired) electrons. The zero-order chi connectivity index (χ0) is 19.5. The minimum absolute atomic E-state index is 0.0199. The highest BCUT2D eigenvalue weighted by Gasteiger charge is 2.34. The summed E-state index contributed by atoms with van der Waals surface area (Å²) in [4.78, 5) is 34.2. The van der Waals surface area contributed by atoms with E-state index in [0.717, 1.165) is 43.8 Å². The fraction of sp³-hybridized carbons (Fsp3) is 0.476. The molecule has 1 aromatic heterocycles. The van der Waals surface area contributed by atoms with Gasteiger partial charge in [0.1, 0.15) is 0 Å². The largest absolute Gasteiger partial charge is 0.342 e. The average molecular weight is 418 g/mol. The van der Waals surface area contributed by atoms with Crippen LogP contribution >= 0.6 is 22.9 Å². The fourth-order valence-electron chi connectivity index (χ4n) is 4.21. The van der Waals surface area contributed by atoms with E-state index in [1.54, 1.807) is 35.6 Å². The van der Waals surface area contributed by atoms with Gasteiger partial charge >= 0.3 is 0 Å². The highest BCUT2D eigenvalue weighted by atomic mass is 35.5. The van der Waals surface area contributed by atoms with Crippen molar-refractivity contribution in [1.82, 2.24) is 14.8 Å². The number of aromatic nitrogens is 1. The first kappa shape index (κ1) is 19.4. The third-order valence-corrected chi connectivity index (χ3v) is 6.87. The van der Waals surface area contributed by atoms with Crippen molar-refractivity contribution in [3.05, 3.63) is 51.4 Å². The first-order valence-corrected chi connectivity index (χ1v) is 11.1. The van der Waals surface area contributed by atoms with E-state index >= 15 is 0 Å². The van der Waals surface area contributed by atoms with Crippen molar-refractivity contribution in [2.24, 2.45) is 5.92 Å². The molecule has 2 atom stereocenters. The maximum absolute atomic E-state index is 13.2. The van der Waals surface area contributed by atoms with E-state index in [1.807, 2.05) is 21.4 Å². The van der Waals surface area contributed by atoms with Gasteiger partial charge in [-0.3, -0.25) is 9.59 Å². The second-order valence-corrected chi connectivity index (χ2v) is 8.95. The zero-order valence-electron chi connectivity index (χ0n) is 15.7. The Bertz CT molecular complexity index is 825. The first-order chi connectivity index (χ1) is 13.6. The van der Waals surface area contributed by atoms with Gasteiger partial charge in [0, 0.05) is 54.3 Å². The molecule has 5 nitrogen and oxygen atoms in total. The van der Waals surface area contributed by atoms with Crippen LogP contribution in [-0.4, -0.2) is 52.8 Å². The number of hydrogen-bond acceptors (Lipinski definition) is 4. The summed E-state index contributed by atoms with van der Waals surface area (Å²) in [6.07, 6.45) is 5.64. The summed E-state index contributed by atoms with van der Waals surface area (Å²) in [5.41, 5.74) is 0.624. The molecule has 0 bridgehead atoms. The Morgan fingerprint density at radius 2 is 1.79 bits per heavy atom. The van der Waals surface area contributed by atoms with Crippen LogP contribution in [0.3, 0.4) is 0 Å². The lowest BCUT2D eigenvalue weighted by molar-refractivity contribution is -0.138. The first-order valence-electron chi connectivity index (χ1n) is 9.85. The van der Waals surface area contributed by atoms with Gasteiger partial charge in [-0.1, -0.05) is 11.6 Å². The molecule has 0 saturated carbocycles. The third-order valence-electron chi connectivity index (χ3n) is 5.68. The molecular weight excluding hydrogens is 394 g/mol. The van der Waals surface area contributed by atoms with Crippen LogP contribution in [0.5, 0.6) is 0 Å². The molecule has 3 heterocycles. The molecule has 28 heavy (non-hydrogen) atoms. The highest BCUT2D eigenvalue weighted by Crippen LogP contribution is 2.30. The molecule has 0 spiro atoms. The standard InChI is InChI=1S/C21H24ClN3O2S/c22-18-7-5-15(6-8-18)20(26)25-11-2-4-17(14-25)21(27)24-10-1-3-16(13-24)19-23-9-12-28-19/h5-9,12,16-17H,1-4,10-11,13-14H2. The molecule has 2 amide bonds. The Balaban J connectivity index is 1.40. The van der Waals surface area contributed by atoms with E-state index < -0.39 is 0 Å². The summed E-state index contributed by atoms with van der Waals surface area (Å²) in [7, 11) is 0. The van der Waals surface area contributed by atoms with Crippen LogP contribution in [0.25, 0.3) is 0 Å². The van der Waals surface area contributed by atoms with Crippen molar-refractivity contribution in [3.8, 4) is 0 Å². The lowest BCUT2D eigenvalue weighted by Crippen LogP contribution is -2.48. The molecule has 2 aliphatic heterocycles. The van der Waals surface area contributed by atoms with Gasteiger partial charge in [-0.2, -0.15) is 0 Å². The van der Waals surface area contributed by atoms with Crippen molar-refractivity contribution in [2.75, 3.05) is 26.2 Å². The predicted octanol–water partition coefficient (Wildman–Crippen LogP) is 4.05. The predicted molar refractivity (Wildman–Crippen MR) is 111 cm³/mol. The molecule has 4 rings (SSSR count). The van der Waals surface area contributed by atoms with E-state index in [1.165, 1.54) is 0 Å².